The molecule has 88 valence electrons. The van der Waals surface area contributed by atoms with Crippen molar-refractivity contribution in [3.8, 4) is 0 Å². The molecule has 0 radical (unpaired) electrons. The summed E-state index contributed by atoms with van der Waals surface area (Å²) in [6.07, 6.45) is 1.15. The van der Waals surface area contributed by atoms with Crippen molar-refractivity contribution in [1.82, 2.24) is 4.98 Å². The number of hydrogen-bond acceptors (Lipinski definition) is 5. The zero-order valence-corrected chi connectivity index (χ0v) is 10.9. The highest BCUT2D eigenvalue weighted by atomic mass is 32.2. The van der Waals surface area contributed by atoms with Crippen LogP contribution in [0.1, 0.15) is 21.8 Å². The van der Waals surface area contributed by atoms with Gasteiger partial charge in [-0.2, -0.15) is 11.8 Å². The summed E-state index contributed by atoms with van der Waals surface area (Å²) in [4.78, 5) is 17.7. The highest BCUT2D eigenvalue weighted by Crippen LogP contribution is 2.30. The average molecular weight is 258 g/mol. The molecule has 1 atom stereocenters. The first kappa shape index (κ1) is 11.7. The number of thioether (sulfide) groups is 1. The normalized spacial score (nSPS) is 20.0. The Morgan fingerprint density at radius 2 is 2.38 bits per heavy atom. The first-order valence-corrected chi connectivity index (χ1v) is 7.08. The first-order chi connectivity index (χ1) is 7.59. The van der Waals surface area contributed by atoms with Crippen LogP contribution in [0.2, 0.25) is 0 Å². The van der Waals surface area contributed by atoms with Gasteiger partial charge in [-0.1, -0.05) is 11.3 Å². The van der Waals surface area contributed by atoms with E-state index in [0.29, 0.717) is 16.6 Å². The van der Waals surface area contributed by atoms with Crippen molar-refractivity contribution in [2.75, 3.05) is 23.5 Å². The van der Waals surface area contributed by atoms with Crippen LogP contribution in [0.3, 0.4) is 0 Å². The average Bonchev–Trinajstić information content (AvgIpc) is 2.84. The van der Waals surface area contributed by atoms with Gasteiger partial charge in [0.25, 0.3) is 0 Å². The smallest absolute Gasteiger partial charge is 0.347 e. The molecule has 0 spiro atoms. The van der Waals surface area contributed by atoms with Gasteiger partial charge in [0.15, 0.2) is 5.13 Å². The largest absolute Gasteiger partial charge is 0.477 e. The van der Waals surface area contributed by atoms with Crippen LogP contribution in [-0.4, -0.2) is 40.7 Å². The Bertz CT molecular complexity index is 400. The standard InChI is InChI=1S/C10H14N2O2S2/c1-6-8(9(13)14)16-10(11-6)12(2)7-3-4-15-5-7/h7H,3-5H2,1-2H3,(H,13,14). The van der Waals surface area contributed by atoms with Crippen molar-refractivity contribution in [3.05, 3.63) is 10.6 Å². The van der Waals surface area contributed by atoms with Crippen LogP contribution in [0.4, 0.5) is 5.13 Å². The lowest BCUT2D eigenvalue weighted by Crippen LogP contribution is -2.31. The zero-order chi connectivity index (χ0) is 11.7. The molecule has 1 aliphatic heterocycles. The molecule has 16 heavy (non-hydrogen) atoms. The number of nitrogens with zero attached hydrogens (tertiary/aromatic N) is 2. The quantitative estimate of drug-likeness (QED) is 0.899. The second kappa shape index (κ2) is 4.63. The predicted octanol–water partition coefficient (Wildman–Crippen LogP) is 2.09. The summed E-state index contributed by atoms with van der Waals surface area (Å²) in [7, 11) is 2.00. The van der Waals surface area contributed by atoms with Crippen LogP contribution in [-0.2, 0) is 0 Å². The van der Waals surface area contributed by atoms with E-state index < -0.39 is 5.97 Å². The minimum atomic E-state index is -0.879. The molecule has 1 unspecified atom stereocenters. The third-order valence-corrected chi connectivity index (χ3v) is 5.12. The van der Waals surface area contributed by atoms with Gasteiger partial charge >= 0.3 is 5.97 Å². The van der Waals surface area contributed by atoms with E-state index in [2.05, 4.69) is 9.88 Å². The molecule has 0 bridgehead atoms. The molecule has 1 aromatic rings. The molecule has 4 nitrogen and oxygen atoms in total. The van der Waals surface area contributed by atoms with Gasteiger partial charge in [0.05, 0.1) is 5.69 Å². The fourth-order valence-corrected chi connectivity index (χ4v) is 3.92. The first-order valence-electron chi connectivity index (χ1n) is 5.11. The Labute approximate surface area is 103 Å². The second-order valence-electron chi connectivity index (χ2n) is 3.84. The molecule has 1 N–H and O–H groups in total. The highest BCUT2D eigenvalue weighted by Gasteiger charge is 2.24. The van der Waals surface area contributed by atoms with Gasteiger partial charge in [0.2, 0.25) is 0 Å². The number of carboxylic acids is 1. The summed E-state index contributed by atoms with van der Waals surface area (Å²) in [5.74, 6) is 1.42. The van der Waals surface area contributed by atoms with Crippen LogP contribution in [0.5, 0.6) is 0 Å². The molecule has 0 saturated carbocycles. The molecule has 1 saturated heterocycles. The second-order valence-corrected chi connectivity index (χ2v) is 5.97. The van der Waals surface area contributed by atoms with E-state index in [0.717, 1.165) is 17.3 Å². The van der Waals surface area contributed by atoms with Crippen molar-refractivity contribution < 1.29 is 9.90 Å². The molecular formula is C10H14N2O2S2. The van der Waals surface area contributed by atoms with Crippen LogP contribution in [0, 0.1) is 6.92 Å². The maximum atomic E-state index is 10.9. The molecule has 1 aliphatic rings. The topological polar surface area (TPSA) is 53.4 Å². The summed E-state index contributed by atoms with van der Waals surface area (Å²) < 4.78 is 0. The van der Waals surface area contributed by atoms with Gasteiger partial charge in [0, 0.05) is 18.8 Å². The van der Waals surface area contributed by atoms with E-state index in [4.69, 9.17) is 5.11 Å². The summed E-state index contributed by atoms with van der Waals surface area (Å²) in [6, 6.07) is 0.497. The third-order valence-electron chi connectivity index (χ3n) is 2.73. The lowest BCUT2D eigenvalue weighted by atomic mass is 10.2. The number of aromatic carboxylic acids is 1. The van der Waals surface area contributed by atoms with Crippen molar-refractivity contribution in [1.29, 1.82) is 0 Å². The molecule has 2 rings (SSSR count). The van der Waals surface area contributed by atoms with E-state index in [9.17, 15) is 4.79 Å². The van der Waals surface area contributed by atoms with E-state index in [1.54, 1.807) is 6.92 Å². The van der Waals surface area contributed by atoms with Gasteiger partial charge in [-0.3, -0.25) is 0 Å². The van der Waals surface area contributed by atoms with Crippen LogP contribution in [0.25, 0.3) is 0 Å². The summed E-state index contributed by atoms with van der Waals surface area (Å²) in [5.41, 5.74) is 0.616. The van der Waals surface area contributed by atoms with E-state index in [-0.39, 0.29) is 0 Å². The van der Waals surface area contributed by atoms with Gasteiger partial charge in [-0.25, -0.2) is 9.78 Å². The Kier molecular flexibility index (Phi) is 3.39. The number of thiazole rings is 1. The zero-order valence-electron chi connectivity index (χ0n) is 9.27. The third kappa shape index (κ3) is 2.17. The Balaban J connectivity index is 2.20. The maximum Gasteiger partial charge on any atom is 0.347 e. The molecule has 1 fully saturated rings. The monoisotopic (exact) mass is 258 g/mol. The number of aryl methyl sites for hydroxylation is 1. The molecule has 6 heteroatoms. The fourth-order valence-electron chi connectivity index (χ4n) is 1.72. The number of anilines is 1. The molecule has 2 heterocycles. The predicted molar refractivity (Wildman–Crippen MR) is 67.9 cm³/mol. The summed E-state index contributed by atoms with van der Waals surface area (Å²) in [6.45, 7) is 1.75. The SMILES string of the molecule is Cc1nc(N(C)C2CCSC2)sc1C(=O)O. The Hall–Kier alpha value is -0.750. The van der Waals surface area contributed by atoms with Crippen LogP contribution in [0.15, 0.2) is 0 Å². The number of hydrogen-bond donors (Lipinski definition) is 1. The Morgan fingerprint density at radius 3 is 2.88 bits per heavy atom. The molecule has 1 aromatic heterocycles. The number of aromatic nitrogens is 1. The fraction of sp³-hybridized carbons (Fsp3) is 0.600. The minimum Gasteiger partial charge on any atom is -0.477 e. The molecule has 0 aromatic carbocycles. The van der Waals surface area contributed by atoms with Crippen LogP contribution < -0.4 is 4.90 Å². The summed E-state index contributed by atoms with van der Waals surface area (Å²) >= 11 is 3.21. The molecule has 0 amide bonds. The van der Waals surface area contributed by atoms with Crippen molar-refractivity contribution in [2.24, 2.45) is 0 Å². The maximum absolute atomic E-state index is 10.9. The minimum absolute atomic E-state index is 0.354. The summed E-state index contributed by atoms with van der Waals surface area (Å²) in [5, 5.41) is 9.80. The highest BCUT2D eigenvalue weighted by molar-refractivity contribution is 7.99. The molecular weight excluding hydrogens is 244 g/mol. The van der Waals surface area contributed by atoms with Gasteiger partial charge in [0.1, 0.15) is 4.88 Å². The molecule has 0 aliphatic carbocycles. The number of carbonyl (C=O) groups is 1. The number of rotatable bonds is 3. The lowest BCUT2D eigenvalue weighted by Gasteiger charge is -2.22. The van der Waals surface area contributed by atoms with Crippen LogP contribution >= 0.6 is 23.1 Å². The van der Waals surface area contributed by atoms with Crippen molar-refractivity contribution in [2.45, 2.75) is 19.4 Å². The van der Waals surface area contributed by atoms with Gasteiger partial charge in [-0.15, -0.1) is 0 Å². The van der Waals surface area contributed by atoms with Crippen molar-refractivity contribution in [3.63, 3.8) is 0 Å². The Morgan fingerprint density at radius 1 is 1.62 bits per heavy atom. The van der Waals surface area contributed by atoms with Crippen molar-refractivity contribution >= 4 is 34.2 Å². The number of carboxylic acid groups (broad SMARTS) is 1. The van der Waals surface area contributed by atoms with E-state index in [1.165, 1.54) is 17.1 Å². The van der Waals surface area contributed by atoms with E-state index >= 15 is 0 Å². The lowest BCUT2D eigenvalue weighted by molar-refractivity contribution is 0.0701. The van der Waals surface area contributed by atoms with E-state index in [1.807, 2.05) is 18.8 Å². The van der Waals surface area contributed by atoms with Gasteiger partial charge in [-0.05, 0) is 19.1 Å². The van der Waals surface area contributed by atoms with Gasteiger partial charge < -0.3 is 10.0 Å².